The molecule has 118 valence electrons. The summed E-state index contributed by atoms with van der Waals surface area (Å²) in [5, 5.41) is 9.07. The summed E-state index contributed by atoms with van der Waals surface area (Å²) in [6.45, 7) is 2.01. The van der Waals surface area contributed by atoms with E-state index in [-0.39, 0.29) is 12.5 Å². The number of rotatable bonds is 4. The average Bonchev–Trinajstić information content (AvgIpc) is 2.53. The van der Waals surface area contributed by atoms with Crippen molar-refractivity contribution in [2.75, 3.05) is 53.4 Å². The van der Waals surface area contributed by atoms with Crippen molar-refractivity contribution < 1.29 is 23.1 Å². The van der Waals surface area contributed by atoms with E-state index in [9.17, 15) is 18.0 Å². The van der Waals surface area contributed by atoms with E-state index in [1.165, 1.54) is 4.90 Å². The second kappa shape index (κ2) is 7.24. The molecule has 0 aliphatic carbocycles. The van der Waals surface area contributed by atoms with Gasteiger partial charge in [0.25, 0.3) is 0 Å². The Morgan fingerprint density at radius 1 is 1.20 bits per heavy atom. The molecule has 0 saturated carbocycles. The second-order valence-corrected chi connectivity index (χ2v) is 5.28. The Labute approximate surface area is 116 Å². The minimum absolute atomic E-state index is 0.0197. The molecule has 0 bridgehead atoms. The highest BCUT2D eigenvalue weighted by molar-refractivity contribution is 5.77. The van der Waals surface area contributed by atoms with Gasteiger partial charge in [0.2, 0.25) is 5.91 Å². The number of alkyl halides is 3. The molecule has 1 amide bonds. The lowest BCUT2D eigenvalue weighted by atomic mass is 10.3. The maximum absolute atomic E-state index is 12.3. The molecular weight excluding hydrogens is 275 g/mol. The number of halogens is 3. The summed E-state index contributed by atoms with van der Waals surface area (Å²) in [4.78, 5) is 16.6. The Balaban J connectivity index is 2.41. The van der Waals surface area contributed by atoms with E-state index < -0.39 is 18.8 Å². The van der Waals surface area contributed by atoms with Gasteiger partial charge in [-0.05, 0) is 19.5 Å². The van der Waals surface area contributed by atoms with Gasteiger partial charge in [-0.1, -0.05) is 0 Å². The molecule has 1 atom stereocenters. The topological polar surface area (TPSA) is 47.0 Å². The Bertz CT molecular complexity index is 324. The van der Waals surface area contributed by atoms with Crippen LogP contribution in [0, 0.1) is 0 Å². The zero-order valence-electron chi connectivity index (χ0n) is 11.9. The first-order valence-corrected chi connectivity index (χ1v) is 6.60. The third kappa shape index (κ3) is 5.64. The first kappa shape index (κ1) is 17.2. The van der Waals surface area contributed by atoms with Gasteiger partial charge in [0.15, 0.2) is 6.10 Å². The van der Waals surface area contributed by atoms with Crippen molar-refractivity contribution >= 4 is 5.91 Å². The third-order valence-electron chi connectivity index (χ3n) is 3.35. The molecule has 1 aliphatic rings. The van der Waals surface area contributed by atoms with Crippen molar-refractivity contribution in [2.45, 2.75) is 18.7 Å². The number of amides is 1. The molecule has 1 heterocycles. The normalized spacial score (nSPS) is 20.5. The van der Waals surface area contributed by atoms with E-state index in [0.29, 0.717) is 32.6 Å². The molecule has 0 spiro atoms. The van der Waals surface area contributed by atoms with Crippen molar-refractivity contribution in [3.05, 3.63) is 0 Å². The average molecular weight is 297 g/mol. The molecule has 1 N–H and O–H groups in total. The van der Waals surface area contributed by atoms with Crippen LogP contribution in [0.1, 0.15) is 6.42 Å². The smallest absolute Gasteiger partial charge is 0.382 e. The summed E-state index contributed by atoms with van der Waals surface area (Å²) in [5.41, 5.74) is 0. The highest BCUT2D eigenvalue weighted by Crippen LogP contribution is 2.21. The molecule has 0 aromatic heterocycles. The largest absolute Gasteiger partial charge is 0.415 e. The summed E-state index contributed by atoms with van der Waals surface area (Å²) in [5.74, 6) is -0.0197. The summed E-state index contributed by atoms with van der Waals surface area (Å²) < 4.78 is 36.9. The van der Waals surface area contributed by atoms with Crippen molar-refractivity contribution in [1.82, 2.24) is 14.7 Å². The van der Waals surface area contributed by atoms with Crippen LogP contribution >= 0.6 is 0 Å². The molecule has 0 aromatic carbocycles. The van der Waals surface area contributed by atoms with Crippen molar-refractivity contribution in [3.63, 3.8) is 0 Å². The fourth-order valence-corrected chi connectivity index (χ4v) is 2.05. The van der Waals surface area contributed by atoms with Gasteiger partial charge in [0.1, 0.15) is 0 Å². The van der Waals surface area contributed by atoms with Gasteiger partial charge in [-0.3, -0.25) is 14.6 Å². The van der Waals surface area contributed by atoms with Gasteiger partial charge in [0, 0.05) is 33.7 Å². The number of carbonyl (C=O) groups is 1. The van der Waals surface area contributed by atoms with Gasteiger partial charge in [-0.25, -0.2) is 0 Å². The lowest BCUT2D eigenvalue weighted by Gasteiger charge is -2.25. The molecule has 8 heteroatoms. The molecule has 1 fully saturated rings. The van der Waals surface area contributed by atoms with Crippen LogP contribution in [0.3, 0.4) is 0 Å². The molecule has 0 unspecified atom stereocenters. The SMILES string of the molecule is CN(C)C(=O)CN1CCCN(C[C@@H](O)C(F)(F)F)CC1. The lowest BCUT2D eigenvalue weighted by molar-refractivity contribution is -0.208. The van der Waals surface area contributed by atoms with Crippen LogP contribution in [-0.2, 0) is 4.79 Å². The predicted octanol–water partition coefficient (Wildman–Crippen LogP) is 0.00550. The number of aliphatic hydroxyl groups excluding tert-OH is 1. The van der Waals surface area contributed by atoms with Crippen molar-refractivity contribution in [3.8, 4) is 0 Å². The molecule has 1 rings (SSSR count). The van der Waals surface area contributed by atoms with Crippen molar-refractivity contribution in [1.29, 1.82) is 0 Å². The van der Waals surface area contributed by atoms with Crippen LogP contribution in [0.15, 0.2) is 0 Å². The molecule has 1 saturated heterocycles. The van der Waals surface area contributed by atoms with Gasteiger partial charge < -0.3 is 10.0 Å². The number of likely N-dealkylation sites (N-methyl/N-ethyl adjacent to an activating group) is 1. The zero-order chi connectivity index (χ0) is 15.3. The van der Waals surface area contributed by atoms with Crippen LogP contribution in [0.4, 0.5) is 13.2 Å². The van der Waals surface area contributed by atoms with E-state index in [0.717, 1.165) is 0 Å². The van der Waals surface area contributed by atoms with Crippen LogP contribution in [0.2, 0.25) is 0 Å². The van der Waals surface area contributed by atoms with Crippen LogP contribution < -0.4 is 0 Å². The Kier molecular flexibility index (Phi) is 6.22. The number of aliphatic hydroxyl groups is 1. The molecular formula is C12H22F3N3O2. The number of hydrogen-bond acceptors (Lipinski definition) is 4. The highest BCUT2D eigenvalue weighted by atomic mass is 19.4. The Morgan fingerprint density at radius 2 is 1.75 bits per heavy atom. The third-order valence-corrected chi connectivity index (χ3v) is 3.35. The first-order chi connectivity index (χ1) is 9.20. The maximum Gasteiger partial charge on any atom is 0.415 e. The van der Waals surface area contributed by atoms with Gasteiger partial charge >= 0.3 is 6.18 Å². The lowest BCUT2D eigenvalue weighted by Crippen LogP contribution is -2.43. The number of β-amino-alcohol motifs (C(OH)–C–C–N with tert-alkyl or cyclic N) is 1. The maximum atomic E-state index is 12.3. The summed E-state index contributed by atoms with van der Waals surface area (Å²) in [7, 11) is 3.35. The molecule has 1 aliphatic heterocycles. The van der Waals surface area contributed by atoms with Crippen LogP contribution in [0.25, 0.3) is 0 Å². The molecule has 0 radical (unpaired) electrons. The highest BCUT2D eigenvalue weighted by Gasteiger charge is 2.39. The fourth-order valence-electron chi connectivity index (χ4n) is 2.05. The molecule has 0 aromatic rings. The van der Waals surface area contributed by atoms with Gasteiger partial charge in [-0.2, -0.15) is 13.2 Å². The van der Waals surface area contributed by atoms with Crippen LogP contribution in [-0.4, -0.2) is 91.4 Å². The minimum Gasteiger partial charge on any atom is -0.382 e. The Hall–Kier alpha value is -0.860. The van der Waals surface area contributed by atoms with Crippen molar-refractivity contribution in [2.24, 2.45) is 0 Å². The minimum atomic E-state index is -4.58. The summed E-state index contributed by atoms with van der Waals surface area (Å²) in [6.07, 6.45) is -6.20. The standard InChI is InChI=1S/C12H22F3N3O2/c1-16(2)11(20)9-18-5-3-4-17(6-7-18)8-10(19)12(13,14)15/h10,19H,3-9H2,1-2H3/t10-/m1/s1. The zero-order valence-corrected chi connectivity index (χ0v) is 11.9. The van der Waals surface area contributed by atoms with Gasteiger partial charge in [-0.15, -0.1) is 0 Å². The first-order valence-electron chi connectivity index (χ1n) is 6.60. The molecule has 5 nitrogen and oxygen atoms in total. The molecule has 20 heavy (non-hydrogen) atoms. The van der Waals surface area contributed by atoms with E-state index in [2.05, 4.69) is 0 Å². The monoisotopic (exact) mass is 297 g/mol. The predicted molar refractivity (Wildman–Crippen MR) is 68.3 cm³/mol. The Morgan fingerprint density at radius 3 is 2.30 bits per heavy atom. The summed E-state index contributed by atoms with van der Waals surface area (Å²) >= 11 is 0. The number of nitrogens with zero attached hydrogens (tertiary/aromatic N) is 3. The van der Waals surface area contributed by atoms with E-state index in [1.54, 1.807) is 19.0 Å². The second-order valence-electron chi connectivity index (χ2n) is 5.28. The quantitative estimate of drug-likeness (QED) is 0.794. The summed E-state index contributed by atoms with van der Waals surface area (Å²) in [6, 6.07) is 0. The number of carbonyl (C=O) groups excluding carboxylic acids is 1. The number of hydrogen-bond donors (Lipinski definition) is 1. The van der Waals surface area contributed by atoms with E-state index in [4.69, 9.17) is 5.11 Å². The fraction of sp³-hybridized carbons (Fsp3) is 0.917. The van der Waals surface area contributed by atoms with E-state index >= 15 is 0 Å². The van der Waals surface area contributed by atoms with Crippen LogP contribution in [0.5, 0.6) is 0 Å². The van der Waals surface area contributed by atoms with E-state index in [1.807, 2.05) is 4.90 Å². The van der Waals surface area contributed by atoms with Gasteiger partial charge in [0.05, 0.1) is 6.54 Å².